The maximum absolute atomic E-state index is 12.3. The van der Waals surface area contributed by atoms with Gasteiger partial charge in [-0.15, -0.1) is 11.8 Å². The predicted octanol–water partition coefficient (Wildman–Crippen LogP) is 0.214. The Labute approximate surface area is 130 Å². The highest BCUT2D eigenvalue weighted by molar-refractivity contribution is 8.01. The van der Waals surface area contributed by atoms with E-state index in [1.54, 1.807) is 0 Å². The number of hydrogen-bond acceptors (Lipinski definition) is 5. The van der Waals surface area contributed by atoms with Crippen molar-refractivity contribution in [3.05, 3.63) is 0 Å². The van der Waals surface area contributed by atoms with Crippen LogP contribution in [0.15, 0.2) is 0 Å². The second kappa shape index (κ2) is 8.00. The van der Waals surface area contributed by atoms with Crippen LogP contribution in [0.5, 0.6) is 0 Å². The average Bonchev–Trinajstić information content (AvgIpc) is 2.55. The van der Waals surface area contributed by atoms with Gasteiger partial charge in [0.1, 0.15) is 0 Å². The summed E-state index contributed by atoms with van der Waals surface area (Å²) in [5, 5.41) is -0.411. The molecule has 2 saturated heterocycles. The van der Waals surface area contributed by atoms with Crippen LogP contribution in [0.1, 0.15) is 13.8 Å². The molecule has 0 bridgehead atoms. The Morgan fingerprint density at radius 3 is 1.48 bits per heavy atom. The summed E-state index contributed by atoms with van der Waals surface area (Å²) >= 11 is 1.44. The molecular formula is C14H24N2O4S. The summed E-state index contributed by atoms with van der Waals surface area (Å²) in [6, 6.07) is 0. The fraction of sp³-hybridized carbons (Fsp3) is 0.857. The molecule has 0 saturated carbocycles. The lowest BCUT2D eigenvalue weighted by molar-refractivity contribution is -0.134. The molecule has 2 rings (SSSR count). The number of amides is 2. The van der Waals surface area contributed by atoms with Crippen molar-refractivity contribution in [2.24, 2.45) is 0 Å². The molecule has 0 spiro atoms. The summed E-state index contributed by atoms with van der Waals surface area (Å²) in [6.07, 6.45) is 0. The maximum Gasteiger partial charge on any atom is 0.235 e. The van der Waals surface area contributed by atoms with Gasteiger partial charge in [-0.1, -0.05) is 0 Å². The van der Waals surface area contributed by atoms with Crippen LogP contribution in [0.2, 0.25) is 0 Å². The first-order valence-corrected chi connectivity index (χ1v) is 8.42. The minimum atomic E-state index is -0.205. The molecule has 2 unspecified atom stereocenters. The summed E-state index contributed by atoms with van der Waals surface area (Å²) in [5.74, 6) is 0.204. The van der Waals surface area contributed by atoms with E-state index < -0.39 is 0 Å². The van der Waals surface area contributed by atoms with Gasteiger partial charge in [0, 0.05) is 26.2 Å². The highest BCUT2D eigenvalue weighted by atomic mass is 32.2. The van der Waals surface area contributed by atoms with E-state index in [-0.39, 0.29) is 22.3 Å². The van der Waals surface area contributed by atoms with Crippen molar-refractivity contribution in [1.82, 2.24) is 9.80 Å². The molecule has 2 heterocycles. The molecule has 2 amide bonds. The third-order valence-electron chi connectivity index (χ3n) is 3.75. The highest BCUT2D eigenvalue weighted by Gasteiger charge is 2.29. The van der Waals surface area contributed by atoms with Gasteiger partial charge in [-0.2, -0.15) is 0 Å². The van der Waals surface area contributed by atoms with Crippen LogP contribution >= 0.6 is 11.8 Å². The predicted molar refractivity (Wildman–Crippen MR) is 81.3 cm³/mol. The van der Waals surface area contributed by atoms with E-state index in [0.29, 0.717) is 52.6 Å². The van der Waals surface area contributed by atoms with Gasteiger partial charge in [0.15, 0.2) is 0 Å². The molecule has 0 radical (unpaired) electrons. The second-order valence-corrected chi connectivity index (χ2v) is 6.98. The van der Waals surface area contributed by atoms with E-state index in [4.69, 9.17) is 9.47 Å². The zero-order valence-electron chi connectivity index (χ0n) is 12.7. The quantitative estimate of drug-likeness (QED) is 0.742. The molecule has 2 atom stereocenters. The number of morpholine rings is 2. The van der Waals surface area contributed by atoms with Crippen molar-refractivity contribution in [2.45, 2.75) is 24.3 Å². The fourth-order valence-electron chi connectivity index (χ4n) is 2.50. The van der Waals surface area contributed by atoms with Crippen molar-refractivity contribution in [2.75, 3.05) is 52.6 Å². The normalized spacial score (nSPS) is 22.8. The Bertz CT molecular complexity index is 334. The topological polar surface area (TPSA) is 59.1 Å². The molecule has 6 nitrogen and oxygen atoms in total. The first kappa shape index (κ1) is 16.6. The van der Waals surface area contributed by atoms with Crippen molar-refractivity contribution in [3.8, 4) is 0 Å². The molecule has 21 heavy (non-hydrogen) atoms. The molecule has 0 aromatic rings. The lowest BCUT2D eigenvalue weighted by Gasteiger charge is -2.31. The number of ether oxygens (including phenoxy) is 2. The number of thioether (sulfide) groups is 1. The van der Waals surface area contributed by atoms with Gasteiger partial charge in [-0.05, 0) is 13.8 Å². The molecule has 0 aromatic heterocycles. The van der Waals surface area contributed by atoms with Crippen molar-refractivity contribution in [3.63, 3.8) is 0 Å². The first-order chi connectivity index (χ1) is 10.1. The molecular weight excluding hydrogens is 292 g/mol. The number of carbonyl (C=O) groups excluding carboxylic acids is 2. The van der Waals surface area contributed by atoms with Crippen molar-refractivity contribution < 1.29 is 19.1 Å². The molecule has 2 aliphatic rings. The molecule has 7 heteroatoms. The van der Waals surface area contributed by atoms with Gasteiger partial charge >= 0.3 is 0 Å². The molecule has 2 fully saturated rings. The Morgan fingerprint density at radius 2 is 1.14 bits per heavy atom. The number of rotatable bonds is 4. The van der Waals surface area contributed by atoms with Gasteiger partial charge in [-0.3, -0.25) is 9.59 Å². The van der Waals surface area contributed by atoms with Crippen LogP contribution in [0.4, 0.5) is 0 Å². The lowest BCUT2D eigenvalue weighted by atomic mass is 10.3. The monoisotopic (exact) mass is 316 g/mol. The van der Waals surface area contributed by atoms with Gasteiger partial charge in [0.05, 0.1) is 36.9 Å². The van der Waals surface area contributed by atoms with E-state index in [1.807, 2.05) is 23.6 Å². The van der Waals surface area contributed by atoms with Gasteiger partial charge in [0.25, 0.3) is 0 Å². The fourth-order valence-corrected chi connectivity index (χ4v) is 3.65. The van der Waals surface area contributed by atoms with Gasteiger partial charge < -0.3 is 19.3 Å². The molecule has 0 N–H and O–H groups in total. The zero-order valence-corrected chi connectivity index (χ0v) is 13.6. The summed E-state index contributed by atoms with van der Waals surface area (Å²) in [7, 11) is 0. The summed E-state index contributed by atoms with van der Waals surface area (Å²) < 4.78 is 10.5. The SMILES string of the molecule is CC(SC(C)C(=O)N1CCOCC1)C(=O)N1CCOCC1. The maximum atomic E-state index is 12.3. The van der Waals surface area contributed by atoms with E-state index in [0.717, 1.165) is 0 Å². The van der Waals surface area contributed by atoms with E-state index in [9.17, 15) is 9.59 Å². The number of hydrogen-bond donors (Lipinski definition) is 0. The lowest BCUT2D eigenvalue weighted by Crippen LogP contribution is -2.46. The molecule has 0 aromatic carbocycles. The van der Waals surface area contributed by atoms with E-state index in [1.165, 1.54) is 11.8 Å². The van der Waals surface area contributed by atoms with Crippen LogP contribution in [-0.4, -0.2) is 84.7 Å². The number of nitrogens with zero attached hydrogens (tertiary/aromatic N) is 2. The summed E-state index contributed by atoms with van der Waals surface area (Å²) in [5.41, 5.74) is 0. The van der Waals surface area contributed by atoms with Crippen molar-refractivity contribution in [1.29, 1.82) is 0 Å². The largest absolute Gasteiger partial charge is 0.378 e. The van der Waals surface area contributed by atoms with Gasteiger partial charge in [-0.25, -0.2) is 0 Å². The third-order valence-corrected chi connectivity index (χ3v) is 4.97. The minimum absolute atomic E-state index is 0.102. The Kier molecular flexibility index (Phi) is 6.32. The zero-order chi connectivity index (χ0) is 15.2. The third kappa shape index (κ3) is 4.59. The molecule has 0 aliphatic carbocycles. The van der Waals surface area contributed by atoms with E-state index >= 15 is 0 Å². The van der Waals surface area contributed by atoms with Crippen LogP contribution < -0.4 is 0 Å². The summed E-state index contributed by atoms with van der Waals surface area (Å²) in [6.45, 7) is 8.76. The molecule has 2 aliphatic heterocycles. The average molecular weight is 316 g/mol. The van der Waals surface area contributed by atoms with Crippen LogP contribution in [-0.2, 0) is 19.1 Å². The van der Waals surface area contributed by atoms with Gasteiger partial charge in [0.2, 0.25) is 11.8 Å². The number of carbonyl (C=O) groups is 2. The highest BCUT2D eigenvalue weighted by Crippen LogP contribution is 2.22. The first-order valence-electron chi connectivity index (χ1n) is 7.48. The van der Waals surface area contributed by atoms with Crippen LogP contribution in [0.3, 0.4) is 0 Å². The second-order valence-electron chi connectivity index (χ2n) is 5.30. The Hall–Kier alpha value is -0.790. The Morgan fingerprint density at radius 1 is 0.810 bits per heavy atom. The standard InChI is InChI=1S/C14H24N2O4S/c1-11(13(17)15-3-7-19-8-4-15)21-12(2)14(18)16-5-9-20-10-6-16/h11-12H,3-10H2,1-2H3. The smallest absolute Gasteiger partial charge is 0.235 e. The molecule has 120 valence electrons. The van der Waals surface area contributed by atoms with Crippen molar-refractivity contribution >= 4 is 23.6 Å². The minimum Gasteiger partial charge on any atom is -0.378 e. The Balaban J connectivity index is 1.81. The van der Waals surface area contributed by atoms with Crippen LogP contribution in [0, 0.1) is 0 Å². The van der Waals surface area contributed by atoms with Crippen LogP contribution in [0.25, 0.3) is 0 Å². The summed E-state index contributed by atoms with van der Waals surface area (Å²) in [4.78, 5) is 28.3. The van der Waals surface area contributed by atoms with E-state index in [2.05, 4.69) is 0 Å².